The van der Waals surface area contributed by atoms with E-state index in [0.29, 0.717) is 13.1 Å². The van der Waals surface area contributed by atoms with Gasteiger partial charge in [-0.1, -0.05) is 6.07 Å². The molecule has 2 fully saturated rings. The van der Waals surface area contributed by atoms with Crippen molar-refractivity contribution < 1.29 is 14.4 Å². The topological polar surface area (TPSA) is 77.1 Å². The maximum atomic E-state index is 11.8. The van der Waals surface area contributed by atoms with Gasteiger partial charge in [0.2, 0.25) is 0 Å². The summed E-state index contributed by atoms with van der Waals surface area (Å²) in [5, 5.41) is 0. The predicted octanol–water partition coefficient (Wildman–Crippen LogP) is -0.418. The molecule has 2 saturated heterocycles. The average molecular weight is 303 g/mol. The number of urea groups is 1. The largest absolute Gasteiger partial charge is 0.354 e. The number of aromatic nitrogens is 1. The van der Waals surface area contributed by atoms with Gasteiger partial charge in [0.15, 0.2) is 0 Å². The van der Waals surface area contributed by atoms with Crippen LogP contribution in [0.4, 0.5) is 10.6 Å². The van der Waals surface area contributed by atoms with Crippen LogP contribution in [0.15, 0.2) is 24.4 Å². The second-order valence-electron chi connectivity index (χ2n) is 5.31. The number of pyridine rings is 1. The number of imide groups is 2. The Morgan fingerprint density at radius 2 is 1.77 bits per heavy atom. The third-order valence-corrected chi connectivity index (χ3v) is 3.94. The van der Waals surface area contributed by atoms with Gasteiger partial charge in [0, 0.05) is 39.4 Å². The second kappa shape index (κ2) is 5.72. The van der Waals surface area contributed by atoms with Crippen LogP contribution in [0.1, 0.15) is 0 Å². The molecular formula is C14H17N5O3. The van der Waals surface area contributed by atoms with Crippen LogP contribution in [0.3, 0.4) is 0 Å². The van der Waals surface area contributed by atoms with Gasteiger partial charge in [-0.2, -0.15) is 0 Å². The summed E-state index contributed by atoms with van der Waals surface area (Å²) in [7, 11) is 1.32. The van der Waals surface area contributed by atoms with E-state index >= 15 is 0 Å². The summed E-state index contributed by atoms with van der Waals surface area (Å²) in [5.74, 6) is -0.595. The Morgan fingerprint density at radius 3 is 2.32 bits per heavy atom. The lowest BCUT2D eigenvalue weighted by molar-refractivity contribution is -0.143. The number of carbonyl (C=O) groups excluding carboxylic acids is 3. The number of nitrogens with zero attached hydrogens (tertiary/aromatic N) is 5. The molecule has 0 bridgehead atoms. The number of amides is 4. The van der Waals surface area contributed by atoms with Crippen LogP contribution in [0.2, 0.25) is 0 Å². The van der Waals surface area contributed by atoms with Crippen molar-refractivity contribution in [1.82, 2.24) is 19.7 Å². The summed E-state index contributed by atoms with van der Waals surface area (Å²) in [6.45, 7) is 3.08. The van der Waals surface area contributed by atoms with Crippen molar-refractivity contribution in [1.29, 1.82) is 0 Å². The molecule has 8 nitrogen and oxygen atoms in total. The van der Waals surface area contributed by atoms with Crippen LogP contribution in [0.5, 0.6) is 0 Å². The quantitative estimate of drug-likeness (QED) is 0.558. The maximum Gasteiger partial charge on any atom is 0.335 e. The van der Waals surface area contributed by atoms with Gasteiger partial charge in [-0.25, -0.2) is 14.7 Å². The molecule has 2 aliphatic rings. The summed E-state index contributed by atoms with van der Waals surface area (Å²) in [6, 6.07) is 5.22. The molecular weight excluding hydrogens is 286 g/mol. The highest BCUT2D eigenvalue weighted by Crippen LogP contribution is 2.15. The van der Waals surface area contributed by atoms with E-state index in [4.69, 9.17) is 0 Å². The van der Waals surface area contributed by atoms with E-state index in [9.17, 15) is 14.4 Å². The number of carbonyl (C=O) groups is 3. The Kier molecular flexibility index (Phi) is 3.76. The van der Waals surface area contributed by atoms with Gasteiger partial charge in [0.1, 0.15) is 5.82 Å². The molecule has 1 aromatic heterocycles. The van der Waals surface area contributed by atoms with E-state index in [1.165, 1.54) is 7.05 Å². The smallest absolute Gasteiger partial charge is 0.335 e. The molecule has 0 atom stereocenters. The highest BCUT2D eigenvalue weighted by molar-refractivity contribution is 6.44. The van der Waals surface area contributed by atoms with Crippen molar-refractivity contribution in [2.75, 3.05) is 44.8 Å². The first kappa shape index (κ1) is 14.5. The Morgan fingerprint density at radius 1 is 1.05 bits per heavy atom. The molecule has 0 saturated carbocycles. The average Bonchev–Trinajstić information content (AvgIpc) is 2.74. The van der Waals surface area contributed by atoms with Gasteiger partial charge in [-0.05, 0) is 12.1 Å². The third-order valence-electron chi connectivity index (χ3n) is 3.94. The lowest BCUT2D eigenvalue weighted by Gasteiger charge is -2.36. The van der Waals surface area contributed by atoms with Gasteiger partial charge in [0.25, 0.3) is 0 Å². The van der Waals surface area contributed by atoms with Gasteiger partial charge in [-0.3, -0.25) is 19.4 Å². The molecule has 0 spiro atoms. The first-order chi connectivity index (χ1) is 10.6. The third kappa shape index (κ3) is 2.52. The predicted molar refractivity (Wildman–Crippen MR) is 77.9 cm³/mol. The van der Waals surface area contributed by atoms with E-state index in [1.807, 2.05) is 23.1 Å². The Bertz CT molecular complexity index is 598. The normalized spacial score (nSPS) is 20.2. The number of rotatable bonds is 3. The van der Waals surface area contributed by atoms with Crippen molar-refractivity contribution >= 4 is 23.7 Å². The minimum Gasteiger partial charge on any atom is -0.354 e. The molecule has 0 aliphatic carbocycles. The molecule has 3 rings (SSSR count). The zero-order valence-electron chi connectivity index (χ0n) is 12.3. The molecule has 2 aliphatic heterocycles. The monoisotopic (exact) mass is 303 g/mol. The van der Waals surface area contributed by atoms with Gasteiger partial charge in [0.05, 0.1) is 6.67 Å². The Labute approximate surface area is 127 Å². The number of piperazine rings is 1. The number of likely N-dealkylation sites (N-methyl/N-ethyl adjacent to an activating group) is 1. The minimum atomic E-state index is -0.767. The minimum absolute atomic E-state index is 0.157. The van der Waals surface area contributed by atoms with Crippen LogP contribution < -0.4 is 4.90 Å². The molecule has 1 aromatic rings. The summed E-state index contributed by atoms with van der Waals surface area (Å²) in [4.78, 5) is 45.4. The van der Waals surface area contributed by atoms with Crippen molar-refractivity contribution in [3.8, 4) is 0 Å². The van der Waals surface area contributed by atoms with Crippen LogP contribution in [-0.4, -0.2) is 77.4 Å². The van der Waals surface area contributed by atoms with E-state index in [1.54, 1.807) is 6.20 Å². The highest BCUT2D eigenvalue weighted by Gasteiger charge is 2.42. The fourth-order valence-electron chi connectivity index (χ4n) is 2.60. The van der Waals surface area contributed by atoms with Crippen LogP contribution in [0.25, 0.3) is 0 Å². The molecule has 22 heavy (non-hydrogen) atoms. The summed E-state index contributed by atoms with van der Waals surface area (Å²) in [5.41, 5.74) is 0. The highest BCUT2D eigenvalue weighted by atomic mass is 16.2. The Balaban J connectivity index is 1.58. The Hall–Kier alpha value is -2.48. The zero-order chi connectivity index (χ0) is 15.7. The van der Waals surface area contributed by atoms with Crippen molar-refractivity contribution in [2.45, 2.75) is 0 Å². The van der Waals surface area contributed by atoms with Gasteiger partial charge >= 0.3 is 17.8 Å². The van der Waals surface area contributed by atoms with E-state index in [-0.39, 0.29) is 6.67 Å². The lowest BCUT2D eigenvalue weighted by Crippen LogP contribution is -2.51. The fourth-order valence-corrected chi connectivity index (χ4v) is 2.60. The fraction of sp³-hybridized carbons (Fsp3) is 0.429. The number of hydrogen-bond acceptors (Lipinski definition) is 6. The van der Waals surface area contributed by atoms with Crippen LogP contribution >= 0.6 is 0 Å². The van der Waals surface area contributed by atoms with Crippen molar-refractivity contribution in [3.63, 3.8) is 0 Å². The first-order valence-corrected chi connectivity index (χ1v) is 7.10. The molecule has 0 N–H and O–H groups in total. The number of anilines is 1. The maximum absolute atomic E-state index is 11.8. The van der Waals surface area contributed by atoms with Crippen LogP contribution in [-0.2, 0) is 9.59 Å². The molecule has 0 aromatic carbocycles. The standard InChI is InChI=1S/C14H17N5O3/c1-16-12(20)13(21)19(14(16)22)10-17-6-8-18(9-7-17)11-4-2-3-5-15-11/h2-5H,6-10H2,1H3. The molecule has 116 valence electrons. The van der Waals surface area contributed by atoms with E-state index in [2.05, 4.69) is 9.88 Å². The van der Waals surface area contributed by atoms with Crippen molar-refractivity contribution in [3.05, 3.63) is 24.4 Å². The second-order valence-corrected chi connectivity index (χ2v) is 5.31. The number of hydrogen-bond donors (Lipinski definition) is 0. The molecule has 8 heteroatoms. The van der Waals surface area contributed by atoms with Gasteiger partial charge < -0.3 is 4.90 Å². The van der Waals surface area contributed by atoms with Gasteiger partial charge in [-0.15, -0.1) is 0 Å². The summed E-state index contributed by atoms with van der Waals surface area (Å²) in [6.07, 6.45) is 1.75. The first-order valence-electron chi connectivity index (χ1n) is 7.10. The van der Waals surface area contributed by atoms with E-state index < -0.39 is 17.8 Å². The molecule has 4 amide bonds. The lowest BCUT2D eigenvalue weighted by atomic mass is 10.3. The zero-order valence-corrected chi connectivity index (χ0v) is 12.3. The van der Waals surface area contributed by atoms with Crippen LogP contribution in [0, 0.1) is 0 Å². The molecule has 0 unspecified atom stereocenters. The van der Waals surface area contributed by atoms with Crippen molar-refractivity contribution in [2.24, 2.45) is 0 Å². The summed E-state index contributed by atoms with van der Waals surface area (Å²) < 4.78 is 0. The van der Waals surface area contributed by atoms with E-state index in [0.717, 1.165) is 28.7 Å². The molecule has 3 heterocycles. The SMILES string of the molecule is CN1C(=O)C(=O)N(CN2CCN(c3ccccn3)CC2)C1=O. The molecule has 0 radical (unpaired) electrons. The summed E-state index contributed by atoms with van der Waals surface area (Å²) >= 11 is 0.